The molecule has 1 aliphatic carbocycles. The fraction of sp³-hybridized carbons (Fsp3) is 0.556. The van der Waals surface area contributed by atoms with E-state index in [1.54, 1.807) is 0 Å². The molecule has 0 radical (unpaired) electrons. The smallest absolute Gasteiger partial charge is 0.307 e. The summed E-state index contributed by atoms with van der Waals surface area (Å²) in [5.41, 5.74) is 9.84. The molecule has 1 aliphatic rings. The number of carboxylic acid groups (broad SMARTS) is 1. The summed E-state index contributed by atoms with van der Waals surface area (Å²) in [6, 6.07) is 0. The summed E-state index contributed by atoms with van der Waals surface area (Å²) in [6.07, 6.45) is 0.211. The van der Waals surface area contributed by atoms with Gasteiger partial charge in [0.05, 0.1) is 24.9 Å². The van der Waals surface area contributed by atoms with Gasteiger partial charge >= 0.3 is 5.97 Å². The van der Waals surface area contributed by atoms with E-state index in [0.717, 1.165) is 4.90 Å². The third-order valence-electron chi connectivity index (χ3n) is 2.43. The summed E-state index contributed by atoms with van der Waals surface area (Å²) in [5.74, 6) is -4.65. The Balaban J connectivity index is 2.64. The summed E-state index contributed by atoms with van der Waals surface area (Å²) in [4.78, 5) is 44.6. The maximum Gasteiger partial charge on any atom is 0.307 e. The van der Waals surface area contributed by atoms with Crippen LogP contribution in [-0.2, 0) is 19.2 Å². The van der Waals surface area contributed by atoms with Crippen LogP contribution in [-0.4, -0.2) is 46.8 Å². The first-order chi connectivity index (χ1) is 7.82. The topological polar surface area (TPSA) is 144 Å². The number of amides is 3. The van der Waals surface area contributed by atoms with Crippen LogP contribution in [0, 0.1) is 11.8 Å². The van der Waals surface area contributed by atoms with Gasteiger partial charge in [0.1, 0.15) is 0 Å². The Hall–Kier alpha value is -2.12. The molecule has 17 heavy (non-hydrogen) atoms. The number of aliphatic carboxylic acids is 1. The van der Waals surface area contributed by atoms with Crippen LogP contribution in [0.15, 0.2) is 0 Å². The van der Waals surface area contributed by atoms with Gasteiger partial charge in [0.25, 0.3) is 0 Å². The van der Waals surface area contributed by atoms with Crippen molar-refractivity contribution in [3.8, 4) is 0 Å². The Bertz CT molecular complexity index is 365. The number of nitrogens with two attached hydrogens (primary N) is 2. The predicted octanol–water partition coefficient (Wildman–Crippen LogP) is -2.49. The molecule has 2 atom stereocenters. The third kappa shape index (κ3) is 3.44. The van der Waals surface area contributed by atoms with Gasteiger partial charge in [-0.3, -0.25) is 19.2 Å². The molecule has 0 heterocycles. The van der Waals surface area contributed by atoms with E-state index in [4.69, 9.17) is 16.6 Å². The normalized spacial score (nSPS) is 21.6. The zero-order valence-corrected chi connectivity index (χ0v) is 8.96. The molecule has 0 aromatic rings. The molecular weight excluding hydrogens is 230 g/mol. The van der Waals surface area contributed by atoms with Crippen molar-refractivity contribution in [1.82, 2.24) is 4.90 Å². The van der Waals surface area contributed by atoms with Crippen LogP contribution in [0.25, 0.3) is 0 Å². The molecular formula is C9H13N3O5. The van der Waals surface area contributed by atoms with E-state index in [9.17, 15) is 19.2 Å². The van der Waals surface area contributed by atoms with Gasteiger partial charge in [0, 0.05) is 0 Å². The van der Waals surface area contributed by atoms with E-state index in [1.165, 1.54) is 0 Å². The maximum absolute atomic E-state index is 11.7. The van der Waals surface area contributed by atoms with Crippen LogP contribution in [0.4, 0.5) is 0 Å². The van der Waals surface area contributed by atoms with Crippen molar-refractivity contribution < 1.29 is 24.3 Å². The summed E-state index contributed by atoms with van der Waals surface area (Å²) >= 11 is 0. The highest BCUT2D eigenvalue weighted by molar-refractivity contribution is 5.93. The average molecular weight is 243 g/mol. The molecule has 0 aliphatic heterocycles. The van der Waals surface area contributed by atoms with Crippen molar-refractivity contribution in [2.75, 3.05) is 13.1 Å². The minimum Gasteiger partial charge on any atom is -0.481 e. The molecule has 0 unspecified atom stereocenters. The van der Waals surface area contributed by atoms with Crippen LogP contribution in [0.5, 0.6) is 0 Å². The largest absolute Gasteiger partial charge is 0.481 e. The molecule has 0 aromatic heterocycles. The lowest BCUT2D eigenvalue weighted by Gasteiger charge is -2.19. The first kappa shape index (κ1) is 12.9. The quantitative estimate of drug-likeness (QED) is 0.472. The first-order valence-electron chi connectivity index (χ1n) is 4.91. The van der Waals surface area contributed by atoms with Gasteiger partial charge in [-0.05, 0) is 6.42 Å². The lowest BCUT2D eigenvalue weighted by Crippen LogP contribution is -2.44. The first-order valence-corrected chi connectivity index (χ1v) is 4.91. The van der Waals surface area contributed by atoms with E-state index in [1.807, 2.05) is 0 Å². The van der Waals surface area contributed by atoms with E-state index in [-0.39, 0.29) is 6.42 Å². The Kier molecular flexibility index (Phi) is 3.66. The van der Waals surface area contributed by atoms with Crippen LogP contribution < -0.4 is 11.5 Å². The number of carboxylic acids is 1. The van der Waals surface area contributed by atoms with Crippen LogP contribution in [0.1, 0.15) is 6.42 Å². The molecule has 1 fully saturated rings. The molecule has 0 bridgehead atoms. The Morgan fingerprint density at radius 1 is 1.06 bits per heavy atom. The minimum atomic E-state index is -1.07. The van der Waals surface area contributed by atoms with Crippen molar-refractivity contribution in [2.24, 2.45) is 23.3 Å². The van der Waals surface area contributed by atoms with Crippen LogP contribution in [0.3, 0.4) is 0 Å². The van der Waals surface area contributed by atoms with Crippen molar-refractivity contribution >= 4 is 23.7 Å². The fourth-order valence-corrected chi connectivity index (χ4v) is 1.56. The Morgan fingerprint density at radius 3 is 1.82 bits per heavy atom. The molecule has 8 heteroatoms. The number of carbonyl (C=O) groups excluding carboxylic acids is 3. The molecule has 0 aromatic carbocycles. The maximum atomic E-state index is 11.7. The lowest BCUT2D eigenvalue weighted by molar-refractivity contribution is -0.143. The summed E-state index contributed by atoms with van der Waals surface area (Å²) in [6.45, 7) is -0.880. The third-order valence-corrected chi connectivity index (χ3v) is 2.43. The van der Waals surface area contributed by atoms with Gasteiger partial charge in [0.2, 0.25) is 17.7 Å². The van der Waals surface area contributed by atoms with Gasteiger partial charge in [-0.1, -0.05) is 0 Å². The van der Waals surface area contributed by atoms with E-state index >= 15 is 0 Å². The number of rotatable bonds is 6. The number of nitrogens with zero attached hydrogens (tertiary/aromatic N) is 1. The van der Waals surface area contributed by atoms with Gasteiger partial charge < -0.3 is 21.5 Å². The molecule has 0 spiro atoms. The zero-order valence-electron chi connectivity index (χ0n) is 8.96. The van der Waals surface area contributed by atoms with Gasteiger partial charge in [-0.25, -0.2) is 0 Å². The second-order valence-corrected chi connectivity index (χ2v) is 3.91. The predicted molar refractivity (Wildman–Crippen MR) is 54.2 cm³/mol. The van der Waals surface area contributed by atoms with Crippen molar-refractivity contribution in [3.63, 3.8) is 0 Å². The van der Waals surface area contributed by atoms with Gasteiger partial charge in [-0.2, -0.15) is 0 Å². The molecule has 5 N–H and O–H groups in total. The fourth-order valence-electron chi connectivity index (χ4n) is 1.56. The van der Waals surface area contributed by atoms with E-state index in [2.05, 4.69) is 0 Å². The standard InChI is InChI=1S/C9H13N3O5/c10-6(13)2-12(3-7(11)14)8(15)4-1-5(4)9(16)17/h4-5H,1-3H2,(H2,10,13)(H2,11,14)(H,16,17)/t4-,5+/m1/s1. The SMILES string of the molecule is NC(=O)CN(CC(N)=O)C(=O)[C@@H]1C[C@@H]1C(=O)O. The second kappa shape index (κ2) is 4.81. The highest BCUT2D eigenvalue weighted by Crippen LogP contribution is 2.39. The summed E-state index contributed by atoms with van der Waals surface area (Å²) < 4.78 is 0. The molecule has 1 saturated carbocycles. The van der Waals surface area contributed by atoms with Crippen molar-refractivity contribution in [1.29, 1.82) is 0 Å². The van der Waals surface area contributed by atoms with E-state index < -0.39 is 48.6 Å². The van der Waals surface area contributed by atoms with Crippen LogP contribution in [0.2, 0.25) is 0 Å². The van der Waals surface area contributed by atoms with Gasteiger partial charge in [0.15, 0.2) is 0 Å². The van der Waals surface area contributed by atoms with Gasteiger partial charge in [-0.15, -0.1) is 0 Å². The van der Waals surface area contributed by atoms with Crippen LogP contribution >= 0.6 is 0 Å². The number of carbonyl (C=O) groups is 4. The Morgan fingerprint density at radius 2 is 1.53 bits per heavy atom. The zero-order chi connectivity index (χ0) is 13.2. The molecule has 0 saturated heterocycles. The van der Waals surface area contributed by atoms with Crippen molar-refractivity contribution in [3.05, 3.63) is 0 Å². The summed E-state index contributed by atoms with van der Waals surface area (Å²) in [7, 11) is 0. The average Bonchev–Trinajstić information content (AvgIpc) is 2.93. The number of hydrogen-bond acceptors (Lipinski definition) is 4. The number of primary amides is 2. The molecule has 8 nitrogen and oxygen atoms in total. The second-order valence-electron chi connectivity index (χ2n) is 3.91. The van der Waals surface area contributed by atoms with Crippen molar-refractivity contribution in [2.45, 2.75) is 6.42 Å². The highest BCUT2D eigenvalue weighted by Gasteiger charge is 2.50. The summed E-state index contributed by atoms with van der Waals surface area (Å²) in [5, 5.41) is 8.66. The minimum absolute atomic E-state index is 0.211. The van der Waals surface area contributed by atoms with E-state index in [0.29, 0.717) is 0 Å². The lowest BCUT2D eigenvalue weighted by atomic mass is 10.2. The molecule has 1 rings (SSSR count). The number of hydrogen-bond donors (Lipinski definition) is 3. The highest BCUT2D eigenvalue weighted by atomic mass is 16.4. The molecule has 3 amide bonds. The Labute approximate surface area is 96.5 Å². The molecule has 94 valence electrons. The monoisotopic (exact) mass is 243 g/mol.